The van der Waals surface area contributed by atoms with Crippen LogP contribution in [0.1, 0.15) is 37.8 Å². The second kappa shape index (κ2) is 9.56. The van der Waals surface area contributed by atoms with Gasteiger partial charge in [-0.3, -0.25) is 9.59 Å². The van der Waals surface area contributed by atoms with Crippen LogP contribution >= 0.6 is 0 Å². The zero-order valence-electron chi connectivity index (χ0n) is 19.9. The third-order valence-corrected chi connectivity index (χ3v) is 6.85. The lowest BCUT2D eigenvalue weighted by molar-refractivity contribution is -0.148. The van der Waals surface area contributed by atoms with Crippen molar-refractivity contribution >= 4 is 11.8 Å². The summed E-state index contributed by atoms with van der Waals surface area (Å²) in [5.74, 6) is 1.73. The quantitative estimate of drug-likeness (QED) is 0.768. The van der Waals surface area contributed by atoms with Gasteiger partial charge in [0.1, 0.15) is 11.5 Å². The van der Waals surface area contributed by atoms with Gasteiger partial charge >= 0.3 is 0 Å². The van der Waals surface area contributed by atoms with Crippen LogP contribution in [-0.4, -0.2) is 50.1 Å². The van der Waals surface area contributed by atoms with Gasteiger partial charge in [0, 0.05) is 26.7 Å². The second-order valence-electron chi connectivity index (χ2n) is 9.97. The van der Waals surface area contributed by atoms with E-state index in [0.29, 0.717) is 45.5 Å². The number of rotatable bonds is 3. The van der Waals surface area contributed by atoms with Crippen molar-refractivity contribution in [3.05, 3.63) is 59.7 Å². The monoisotopic (exact) mass is 450 g/mol. The molecule has 0 atom stereocenters. The zero-order valence-corrected chi connectivity index (χ0v) is 19.9. The number of fused-ring (bicyclic) bond motifs is 4. The van der Waals surface area contributed by atoms with E-state index < -0.39 is 10.8 Å². The Hall–Kier alpha value is -2.86. The highest BCUT2D eigenvalue weighted by Gasteiger charge is 2.44. The van der Waals surface area contributed by atoms with Crippen LogP contribution in [0, 0.1) is 10.8 Å². The first kappa shape index (κ1) is 23.3. The van der Waals surface area contributed by atoms with Gasteiger partial charge in [-0.15, -0.1) is 0 Å². The minimum atomic E-state index is -0.578. The number of carbonyl (C=O) groups is 2. The van der Waals surface area contributed by atoms with Gasteiger partial charge in [-0.2, -0.15) is 0 Å². The molecule has 0 aliphatic carbocycles. The zero-order chi connectivity index (χ0) is 23.5. The van der Waals surface area contributed by atoms with Gasteiger partial charge in [0.05, 0.1) is 17.4 Å². The molecule has 2 aliphatic rings. The van der Waals surface area contributed by atoms with Crippen LogP contribution in [0.25, 0.3) is 0 Å². The van der Waals surface area contributed by atoms with E-state index in [0.717, 1.165) is 29.0 Å². The standard InChI is InChI=1S/C27H34N2O4/c1-26(2,19-32-3)25(31)29-14-11-27(12-15-29)18-21-7-5-9-23(17-21)33-22-8-4-6-20(16-22)10-13-28-24(27)30/h4-9,16-17H,10-15,18-19H2,1-3H3,(H,28,30). The lowest BCUT2D eigenvalue weighted by atomic mass is 9.72. The minimum absolute atomic E-state index is 0.0764. The molecule has 6 heteroatoms. The van der Waals surface area contributed by atoms with Crippen molar-refractivity contribution < 1.29 is 19.1 Å². The molecular weight excluding hydrogens is 416 g/mol. The average molecular weight is 451 g/mol. The van der Waals surface area contributed by atoms with Crippen LogP contribution in [0.4, 0.5) is 0 Å². The Labute approximate surface area is 196 Å². The molecule has 1 N–H and O–H groups in total. The van der Waals surface area contributed by atoms with E-state index in [2.05, 4.69) is 17.4 Å². The summed E-state index contributed by atoms with van der Waals surface area (Å²) >= 11 is 0. The Balaban J connectivity index is 1.57. The van der Waals surface area contributed by atoms with E-state index in [4.69, 9.17) is 9.47 Å². The van der Waals surface area contributed by atoms with Crippen molar-refractivity contribution in [2.24, 2.45) is 10.8 Å². The van der Waals surface area contributed by atoms with Gasteiger partial charge in [-0.25, -0.2) is 0 Å². The maximum Gasteiger partial charge on any atom is 0.230 e. The van der Waals surface area contributed by atoms with Crippen molar-refractivity contribution in [3.63, 3.8) is 0 Å². The molecule has 4 bridgehead atoms. The normalized spacial score (nSPS) is 18.4. The van der Waals surface area contributed by atoms with Crippen LogP contribution in [0.15, 0.2) is 48.5 Å². The molecule has 2 aliphatic heterocycles. The molecule has 0 radical (unpaired) electrons. The average Bonchev–Trinajstić information content (AvgIpc) is 2.79. The number of carbonyl (C=O) groups excluding carboxylic acids is 2. The van der Waals surface area contributed by atoms with E-state index in [1.165, 1.54) is 0 Å². The van der Waals surface area contributed by atoms with Crippen LogP contribution < -0.4 is 10.1 Å². The van der Waals surface area contributed by atoms with E-state index in [1.54, 1.807) is 7.11 Å². The third-order valence-electron chi connectivity index (χ3n) is 6.85. The van der Waals surface area contributed by atoms with E-state index in [1.807, 2.05) is 55.1 Å². The highest BCUT2D eigenvalue weighted by molar-refractivity contribution is 5.85. The summed E-state index contributed by atoms with van der Waals surface area (Å²) in [6, 6.07) is 16.0. The number of likely N-dealkylation sites (tertiary alicyclic amines) is 1. The Morgan fingerprint density at radius 1 is 1.09 bits per heavy atom. The largest absolute Gasteiger partial charge is 0.457 e. The topological polar surface area (TPSA) is 67.9 Å². The van der Waals surface area contributed by atoms with Gasteiger partial charge in [0.2, 0.25) is 11.8 Å². The first-order chi connectivity index (χ1) is 15.8. The molecule has 33 heavy (non-hydrogen) atoms. The summed E-state index contributed by atoms with van der Waals surface area (Å²) in [5, 5.41) is 3.19. The maximum atomic E-state index is 13.5. The molecule has 176 valence electrons. The van der Waals surface area contributed by atoms with Crippen molar-refractivity contribution in [1.82, 2.24) is 10.2 Å². The molecule has 2 aromatic rings. The summed E-state index contributed by atoms with van der Waals surface area (Å²) in [7, 11) is 1.62. The number of amides is 2. The Bertz CT molecular complexity index is 1010. The lowest BCUT2D eigenvalue weighted by Gasteiger charge is -2.43. The molecule has 4 rings (SSSR count). The Kier molecular flexibility index (Phi) is 6.75. The van der Waals surface area contributed by atoms with Crippen LogP contribution in [-0.2, 0) is 27.2 Å². The van der Waals surface area contributed by atoms with Crippen molar-refractivity contribution in [3.8, 4) is 11.5 Å². The lowest BCUT2D eigenvalue weighted by Crippen LogP contribution is -2.54. The fourth-order valence-electron chi connectivity index (χ4n) is 4.99. The first-order valence-corrected chi connectivity index (χ1v) is 11.7. The highest BCUT2D eigenvalue weighted by Crippen LogP contribution is 2.38. The molecule has 2 amide bonds. The minimum Gasteiger partial charge on any atom is -0.457 e. The highest BCUT2D eigenvalue weighted by atomic mass is 16.5. The molecule has 2 aromatic carbocycles. The van der Waals surface area contributed by atoms with E-state index in [9.17, 15) is 9.59 Å². The smallest absolute Gasteiger partial charge is 0.230 e. The van der Waals surface area contributed by atoms with Gasteiger partial charge in [0.25, 0.3) is 0 Å². The van der Waals surface area contributed by atoms with Crippen molar-refractivity contribution in [2.75, 3.05) is 33.4 Å². The Morgan fingerprint density at radius 2 is 1.73 bits per heavy atom. The van der Waals surface area contributed by atoms with Gasteiger partial charge in [-0.1, -0.05) is 24.3 Å². The molecule has 0 unspecified atom stereocenters. The predicted octanol–water partition coefficient (Wildman–Crippen LogP) is 3.98. The summed E-state index contributed by atoms with van der Waals surface area (Å²) in [4.78, 5) is 28.5. The first-order valence-electron chi connectivity index (χ1n) is 11.7. The number of nitrogens with zero attached hydrogens (tertiary/aromatic N) is 1. The molecule has 2 heterocycles. The van der Waals surface area contributed by atoms with Gasteiger partial charge in [-0.05, 0) is 74.9 Å². The number of methoxy groups -OCH3 is 1. The molecule has 6 nitrogen and oxygen atoms in total. The summed E-state index contributed by atoms with van der Waals surface area (Å²) in [6.07, 6.45) is 2.63. The number of ether oxygens (including phenoxy) is 2. The number of benzene rings is 2. The summed E-state index contributed by atoms with van der Waals surface area (Å²) in [6.45, 7) is 5.91. The molecule has 1 saturated heterocycles. The molecule has 0 saturated carbocycles. The second-order valence-corrected chi connectivity index (χ2v) is 9.97. The number of hydrogen-bond donors (Lipinski definition) is 1. The fraction of sp³-hybridized carbons (Fsp3) is 0.481. The molecular formula is C27H34N2O4. The van der Waals surface area contributed by atoms with Gasteiger partial charge in [0.15, 0.2) is 0 Å². The van der Waals surface area contributed by atoms with Crippen molar-refractivity contribution in [2.45, 2.75) is 39.5 Å². The molecule has 1 spiro atoms. The SMILES string of the molecule is COCC(C)(C)C(=O)N1CCC2(CC1)Cc1cccc(c1)Oc1cccc(c1)CCNC2=O. The van der Waals surface area contributed by atoms with Crippen molar-refractivity contribution in [1.29, 1.82) is 0 Å². The van der Waals surface area contributed by atoms with Crippen LogP contribution in [0.3, 0.4) is 0 Å². The van der Waals surface area contributed by atoms with Crippen LogP contribution in [0.5, 0.6) is 11.5 Å². The summed E-state index contributed by atoms with van der Waals surface area (Å²) < 4.78 is 11.4. The van der Waals surface area contributed by atoms with Crippen LogP contribution in [0.2, 0.25) is 0 Å². The third kappa shape index (κ3) is 5.22. The van der Waals surface area contributed by atoms with E-state index >= 15 is 0 Å². The molecule has 0 aromatic heterocycles. The number of nitrogens with one attached hydrogen (secondary N) is 1. The predicted molar refractivity (Wildman–Crippen MR) is 127 cm³/mol. The fourth-order valence-corrected chi connectivity index (χ4v) is 4.99. The number of piperidine rings is 1. The van der Waals surface area contributed by atoms with Gasteiger partial charge < -0.3 is 19.7 Å². The number of hydrogen-bond acceptors (Lipinski definition) is 4. The maximum absolute atomic E-state index is 13.5. The Morgan fingerprint density at radius 3 is 2.39 bits per heavy atom. The summed E-state index contributed by atoms with van der Waals surface area (Å²) in [5.41, 5.74) is 1.06. The molecule has 1 fully saturated rings. The van der Waals surface area contributed by atoms with E-state index in [-0.39, 0.29) is 11.8 Å².